The number of phenols is 1. The smallest absolute Gasteiger partial charge is 0.224 e. The van der Waals surface area contributed by atoms with Gasteiger partial charge in [0.1, 0.15) is 5.75 Å². The van der Waals surface area contributed by atoms with Gasteiger partial charge in [-0.3, -0.25) is 4.79 Å². The molecule has 2 N–H and O–H groups in total. The zero-order chi connectivity index (χ0) is 13.7. The van der Waals surface area contributed by atoms with E-state index in [-0.39, 0.29) is 11.7 Å². The van der Waals surface area contributed by atoms with Crippen molar-refractivity contribution in [3.8, 4) is 5.75 Å². The minimum atomic E-state index is -0.0211. The Bertz CT molecular complexity index is 561. The van der Waals surface area contributed by atoms with Crippen molar-refractivity contribution in [2.24, 2.45) is 0 Å². The van der Waals surface area contributed by atoms with E-state index in [4.69, 9.17) is 5.11 Å². The number of anilines is 1. The van der Waals surface area contributed by atoms with Crippen LogP contribution < -0.4 is 5.32 Å². The molecule has 1 amide bonds. The summed E-state index contributed by atoms with van der Waals surface area (Å²) >= 11 is 0. The Labute approximate surface area is 112 Å². The van der Waals surface area contributed by atoms with E-state index in [2.05, 4.69) is 11.4 Å². The van der Waals surface area contributed by atoms with Crippen LogP contribution in [0.15, 0.2) is 48.5 Å². The van der Waals surface area contributed by atoms with Crippen LogP contribution in [0.4, 0.5) is 5.69 Å². The van der Waals surface area contributed by atoms with Crippen LogP contribution >= 0.6 is 0 Å². The fourth-order valence-corrected chi connectivity index (χ4v) is 1.89. The van der Waals surface area contributed by atoms with Crippen LogP contribution in [-0.4, -0.2) is 11.0 Å². The van der Waals surface area contributed by atoms with E-state index in [0.29, 0.717) is 12.1 Å². The van der Waals surface area contributed by atoms with Crippen LogP contribution in [0, 0.1) is 6.92 Å². The molecule has 2 aromatic rings. The van der Waals surface area contributed by atoms with E-state index >= 15 is 0 Å². The molecule has 98 valence electrons. The molecule has 19 heavy (non-hydrogen) atoms. The standard InChI is InChI=1S/C16H17NO2/c1-12-3-2-4-13(11-12)5-10-16(19)17-14-6-8-15(18)9-7-14/h2-4,6-9,11,18H,5,10H2,1H3,(H,17,19). The summed E-state index contributed by atoms with van der Waals surface area (Å²) in [5.74, 6) is 0.171. The molecule has 0 aliphatic rings. The summed E-state index contributed by atoms with van der Waals surface area (Å²) in [6.45, 7) is 2.04. The second-order valence-electron chi connectivity index (χ2n) is 4.58. The minimum absolute atomic E-state index is 0.0211. The van der Waals surface area contributed by atoms with Crippen LogP contribution in [0.1, 0.15) is 17.5 Å². The molecule has 0 bridgehead atoms. The Balaban J connectivity index is 1.86. The first-order valence-corrected chi connectivity index (χ1v) is 6.28. The average molecular weight is 255 g/mol. The normalized spacial score (nSPS) is 10.2. The quantitative estimate of drug-likeness (QED) is 0.824. The summed E-state index contributed by atoms with van der Waals surface area (Å²) in [5, 5.41) is 12.0. The van der Waals surface area contributed by atoms with Gasteiger partial charge in [0.15, 0.2) is 0 Å². The molecule has 0 aromatic heterocycles. The van der Waals surface area contributed by atoms with Gasteiger partial charge in [0, 0.05) is 12.1 Å². The monoisotopic (exact) mass is 255 g/mol. The number of aryl methyl sites for hydroxylation is 2. The molecule has 0 saturated carbocycles. The van der Waals surface area contributed by atoms with Crippen molar-refractivity contribution in [1.82, 2.24) is 0 Å². The lowest BCUT2D eigenvalue weighted by Crippen LogP contribution is -2.12. The SMILES string of the molecule is Cc1cccc(CCC(=O)Nc2ccc(O)cc2)c1. The van der Waals surface area contributed by atoms with Crippen molar-refractivity contribution in [3.63, 3.8) is 0 Å². The Morgan fingerprint density at radius 1 is 1.16 bits per heavy atom. The molecular formula is C16H17NO2. The van der Waals surface area contributed by atoms with E-state index in [1.165, 1.54) is 11.1 Å². The van der Waals surface area contributed by atoms with Crippen molar-refractivity contribution in [2.75, 3.05) is 5.32 Å². The van der Waals surface area contributed by atoms with Crippen LogP contribution in [0.5, 0.6) is 5.75 Å². The maximum atomic E-state index is 11.8. The van der Waals surface area contributed by atoms with Crippen LogP contribution in [-0.2, 0) is 11.2 Å². The molecule has 0 heterocycles. The number of aromatic hydroxyl groups is 1. The molecule has 0 saturated heterocycles. The predicted octanol–water partition coefficient (Wildman–Crippen LogP) is 3.27. The molecule has 2 rings (SSSR count). The highest BCUT2D eigenvalue weighted by Gasteiger charge is 2.03. The van der Waals surface area contributed by atoms with Crippen LogP contribution in [0.25, 0.3) is 0 Å². The summed E-state index contributed by atoms with van der Waals surface area (Å²) in [5.41, 5.74) is 3.07. The molecule has 0 fully saturated rings. The number of carbonyl (C=O) groups is 1. The van der Waals surface area contributed by atoms with Gasteiger partial charge in [-0.15, -0.1) is 0 Å². The lowest BCUT2D eigenvalue weighted by atomic mass is 10.1. The largest absolute Gasteiger partial charge is 0.508 e. The van der Waals surface area contributed by atoms with Crippen molar-refractivity contribution >= 4 is 11.6 Å². The zero-order valence-electron chi connectivity index (χ0n) is 10.9. The lowest BCUT2D eigenvalue weighted by Gasteiger charge is -2.06. The highest BCUT2D eigenvalue weighted by molar-refractivity contribution is 5.90. The van der Waals surface area contributed by atoms with Crippen molar-refractivity contribution in [3.05, 3.63) is 59.7 Å². The third-order valence-electron chi connectivity index (χ3n) is 2.87. The molecule has 0 spiro atoms. The first-order chi connectivity index (χ1) is 9.13. The second kappa shape index (κ2) is 6.05. The topological polar surface area (TPSA) is 49.3 Å². The Morgan fingerprint density at radius 2 is 1.89 bits per heavy atom. The fraction of sp³-hybridized carbons (Fsp3) is 0.188. The summed E-state index contributed by atoms with van der Waals surface area (Å²) in [4.78, 5) is 11.8. The highest BCUT2D eigenvalue weighted by Crippen LogP contribution is 2.14. The molecule has 0 aliphatic heterocycles. The zero-order valence-corrected chi connectivity index (χ0v) is 10.9. The Kier molecular flexibility index (Phi) is 4.18. The van der Waals surface area contributed by atoms with Gasteiger partial charge in [-0.25, -0.2) is 0 Å². The van der Waals surface area contributed by atoms with Gasteiger partial charge in [-0.2, -0.15) is 0 Å². The summed E-state index contributed by atoms with van der Waals surface area (Å²) in [6, 6.07) is 14.6. The van der Waals surface area contributed by atoms with E-state index in [1.54, 1.807) is 24.3 Å². The Hall–Kier alpha value is -2.29. The summed E-state index contributed by atoms with van der Waals surface area (Å²) in [7, 11) is 0. The minimum Gasteiger partial charge on any atom is -0.508 e. The second-order valence-corrected chi connectivity index (χ2v) is 4.58. The predicted molar refractivity (Wildman–Crippen MR) is 76.2 cm³/mol. The number of rotatable bonds is 4. The van der Waals surface area contributed by atoms with Gasteiger partial charge < -0.3 is 10.4 Å². The van der Waals surface area contributed by atoms with Gasteiger partial charge in [-0.05, 0) is 43.2 Å². The van der Waals surface area contributed by atoms with E-state index in [0.717, 1.165) is 6.42 Å². The maximum Gasteiger partial charge on any atom is 0.224 e. The number of phenolic OH excluding ortho intramolecular Hbond substituents is 1. The van der Waals surface area contributed by atoms with E-state index in [9.17, 15) is 4.79 Å². The molecule has 0 radical (unpaired) electrons. The molecular weight excluding hydrogens is 238 g/mol. The first kappa shape index (κ1) is 13.1. The number of amides is 1. The van der Waals surface area contributed by atoms with Gasteiger partial charge in [0.25, 0.3) is 0 Å². The van der Waals surface area contributed by atoms with Crippen molar-refractivity contribution in [2.45, 2.75) is 19.8 Å². The lowest BCUT2D eigenvalue weighted by molar-refractivity contribution is -0.116. The fourth-order valence-electron chi connectivity index (χ4n) is 1.89. The van der Waals surface area contributed by atoms with Crippen molar-refractivity contribution in [1.29, 1.82) is 0 Å². The molecule has 0 aliphatic carbocycles. The summed E-state index contributed by atoms with van der Waals surface area (Å²) < 4.78 is 0. The van der Waals surface area contributed by atoms with Gasteiger partial charge in [0.05, 0.1) is 0 Å². The average Bonchev–Trinajstić information content (AvgIpc) is 2.39. The van der Waals surface area contributed by atoms with Gasteiger partial charge >= 0.3 is 0 Å². The van der Waals surface area contributed by atoms with Gasteiger partial charge in [0.2, 0.25) is 5.91 Å². The molecule has 3 heteroatoms. The third kappa shape index (κ3) is 4.14. The Morgan fingerprint density at radius 3 is 2.58 bits per heavy atom. The molecule has 2 aromatic carbocycles. The molecule has 0 unspecified atom stereocenters. The number of hydrogen-bond donors (Lipinski definition) is 2. The van der Waals surface area contributed by atoms with Crippen molar-refractivity contribution < 1.29 is 9.90 Å². The molecule has 0 atom stereocenters. The number of nitrogens with one attached hydrogen (secondary N) is 1. The van der Waals surface area contributed by atoms with Gasteiger partial charge in [-0.1, -0.05) is 29.8 Å². The third-order valence-corrected chi connectivity index (χ3v) is 2.87. The van der Waals surface area contributed by atoms with Crippen LogP contribution in [0.2, 0.25) is 0 Å². The maximum absolute atomic E-state index is 11.8. The number of carbonyl (C=O) groups excluding carboxylic acids is 1. The van der Waals surface area contributed by atoms with E-state index in [1.807, 2.05) is 25.1 Å². The summed E-state index contributed by atoms with van der Waals surface area (Å²) in [6.07, 6.45) is 1.18. The van der Waals surface area contributed by atoms with Crippen LogP contribution in [0.3, 0.4) is 0 Å². The number of benzene rings is 2. The number of hydrogen-bond acceptors (Lipinski definition) is 2. The first-order valence-electron chi connectivity index (χ1n) is 6.28. The molecule has 3 nitrogen and oxygen atoms in total. The van der Waals surface area contributed by atoms with E-state index < -0.39 is 0 Å². The highest BCUT2D eigenvalue weighted by atomic mass is 16.3.